The highest BCUT2D eigenvalue weighted by Crippen LogP contribution is 2.46. The predicted octanol–water partition coefficient (Wildman–Crippen LogP) is 5.86. The van der Waals surface area contributed by atoms with Crippen LogP contribution >= 0.6 is 11.6 Å². The zero-order valence-corrected chi connectivity index (χ0v) is 17.7. The van der Waals surface area contributed by atoms with E-state index in [4.69, 9.17) is 11.6 Å². The molecule has 5 heteroatoms. The molecule has 0 aromatic heterocycles. The number of aromatic hydroxyl groups is 1. The lowest BCUT2D eigenvalue weighted by atomic mass is 9.81. The number of unbranched alkanes of at least 4 members (excludes halogenated alkanes) is 1. The van der Waals surface area contributed by atoms with Crippen molar-refractivity contribution in [3.8, 4) is 5.75 Å². The summed E-state index contributed by atoms with van der Waals surface area (Å²) in [6.07, 6.45) is 4.12. The monoisotopic (exact) mass is 405 g/mol. The Balaban J connectivity index is 2.24. The number of para-hydroxylation sites is 1. The number of nitrogens with zero attached hydrogens (tertiary/aromatic N) is 1. The summed E-state index contributed by atoms with van der Waals surface area (Å²) in [6, 6.07) is 13.4. The molecule has 146 valence electrons. The fourth-order valence-corrected chi connectivity index (χ4v) is 6.63. The fraction of sp³-hybridized carbons (Fsp3) is 0.409. The van der Waals surface area contributed by atoms with E-state index in [0.29, 0.717) is 10.6 Å². The molecule has 0 fully saturated rings. The molecule has 0 aliphatic carbocycles. The number of anilines is 2. The largest absolute Gasteiger partial charge is 0.506 e. The number of fused-ring (bicyclic) bond motifs is 1. The molecule has 3 rings (SSSR count). The van der Waals surface area contributed by atoms with Gasteiger partial charge in [0.25, 0.3) is 0 Å². The van der Waals surface area contributed by atoms with Crippen molar-refractivity contribution in [2.45, 2.75) is 44.4 Å². The average Bonchev–Trinajstić information content (AvgIpc) is 2.75. The Kier molecular flexibility index (Phi) is 5.78. The van der Waals surface area contributed by atoms with Gasteiger partial charge in [-0.25, -0.2) is 0 Å². The zero-order chi connectivity index (χ0) is 19.7. The standard InChI is InChI=1S/C22H28ClNO2S/c1-4-6-12-22(5-2)15-24(17-10-8-7-9-11-17)19-13-18(23)20(25)14-21(19)27(3,26)16-22/h7-11,13-14,25H,3-6,12,15-16H2,1-2H3/t22-,27?/m0/s1. The second kappa shape index (κ2) is 7.76. The SMILES string of the molecule is C=S1(=O)C[C@@](CC)(CCCC)CN(c2ccccc2)c2cc(Cl)c(O)cc21. The van der Waals surface area contributed by atoms with Gasteiger partial charge in [-0.05, 0) is 57.9 Å². The van der Waals surface area contributed by atoms with Crippen LogP contribution < -0.4 is 4.90 Å². The molecule has 2 aromatic carbocycles. The first-order chi connectivity index (χ1) is 12.8. The van der Waals surface area contributed by atoms with Crippen molar-refractivity contribution in [3.05, 3.63) is 47.5 Å². The van der Waals surface area contributed by atoms with E-state index in [0.717, 1.165) is 43.6 Å². The molecule has 0 amide bonds. The Labute approximate surface area is 168 Å². The van der Waals surface area contributed by atoms with E-state index >= 15 is 0 Å². The van der Waals surface area contributed by atoms with Crippen LogP contribution in [-0.2, 0) is 9.52 Å². The van der Waals surface area contributed by atoms with Gasteiger partial charge in [0.1, 0.15) is 5.75 Å². The minimum atomic E-state index is -2.57. The second-order valence-corrected chi connectivity index (χ2v) is 10.4. The highest BCUT2D eigenvalue weighted by molar-refractivity contribution is 8.00. The van der Waals surface area contributed by atoms with Crippen LogP contribution in [0.3, 0.4) is 0 Å². The lowest BCUT2D eigenvalue weighted by Gasteiger charge is -2.37. The maximum atomic E-state index is 13.7. The molecular weight excluding hydrogens is 378 g/mol. The molecule has 0 saturated heterocycles. The lowest BCUT2D eigenvalue weighted by molar-refractivity contribution is 0.293. The quantitative estimate of drug-likeness (QED) is 0.633. The molecule has 1 aliphatic heterocycles. The van der Waals surface area contributed by atoms with Gasteiger partial charge in [-0.3, -0.25) is 4.21 Å². The van der Waals surface area contributed by atoms with Gasteiger partial charge in [0.05, 0.1) is 15.6 Å². The summed E-state index contributed by atoms with van der Waals surface area (Å²) in [5, 5.41) is 10.4. The smallest absolute Gasteiger partial charge is 0.135 e. The minimum absolute atomic E-state index is 0.0441. The van der Waals surface area contributed by atoms with E-state index < -0.39 is 9.52 Å². The van der Waals surface area contributed by atoms with E-state index in [1.165, 1.54) is 0 Å². The molecular formula is C22H28ClNO2S. The van der Waals surface area contributed by atoms with Gasteiger partial charge in [-0.15, -0.1) is 0 Å². The van der Waals surface area contributed by atoms with Gasteiger partial charge >= 0.3 is 0 Å². The first kappa shape index (κ1) is 20.1. The van der Waals surface area contributed by atoms with Crippen molar-refractivity contribution in [2.75, 3.05) is 17.2 Å². The molecule has 2 atom stereocenters. The van der Waals surface area contributed by atoms with Crippen molar-refractivity contribution in [1.29, 1.82) is 0 Å². The number of hydrogen-bond donors (Lipinski definition) is 1. The third-order valence-corrected chi connectivity index (χ3v) is 8.14. The summed E-state index contributed by atoms with van der Waals surface area (Å²) in [5.41, 5.74) is 1.72. The Morgan fingerprint density at radius 1 is 1.26 bits per heavy atom. The third kappa shape index (κ3) is 3.97. The summed E-state index contributed by atoms with van der Waals surface area (Å²) >= 11 is 6.24. The van der Waals surface area contributed by atoms with Crippen LogP contribution in [0, 0.1) is 5.41 Å². The van der Waals surface area contributed by atoms with E-state index in [9.17, 15) is 9.32 Å². The van der Waals surface area contributed by atoms with E-state index in [1.54, 1.807) is 12.1 Å². The van der Waals surface area contributed by atoms with E-state index in [1.807, 2.05) is 18.2 Å². The van der Waals surface area contributed by atoms with Crippen molar-refractivity contribution in [3.63, 3.8) is 0 Å². The van der Waals surface area contributed by atoms with Gasteiger partial charge < -0.3 is 10.0 Å². The Morgan fingerprint density at radius 2 is 1.96 bits per heavy atom. The van der Waals surface area contributed by atoms with Crippen molar-refractivity contribution in [2.24, 2.45) is 5.41 Å². The Morgan fingerprint density at radius 3 is 2.59 bits per heavy atom. The van der Waals surface area contributed by atoms with Crippen LogP contribution in [0.25, 0.3) is 0 Å². The summed E-state index contributed by atoms with van der Waals surface area (Å²) < 4.78 is 13.7. The number of halogens is 1. The molecule has 1 unspecified atom stereocenters. The molecule has 0 saturated carbocycles. The third-order valence-electron chi connectivity index (χ3n) is 5.63. The van der Waals surface area contributed by atoms with E-state index in [-0.39, 0.29) is 16.2 Å². The first-order valence-corrected chi connectivity index (χ1v) is 11.8. The molecule has 1 N–H and O–H groups in total. The van der Waals surface area contributed by atoms with Crippen molar-refractivity contribution in [1.82, 2.24) is 0 Å². The second-order valence-electron chi connectivity index (χ2n) is 7.61. The summed E-state index contributed by atoms with van der Waals surface area (Å²) in [6.45, 7) is 5.12. The lowest BCUT2D eigenvalue weighted by Crippen LogP contribution is -2.37. The highest BCUT2D eigenvalue weighted by Gasteiger charge is 2.39. The molecule has 27 heavy (non-hydrogen) atoms. The van der Waals surface area contributed by atoms with Crippen LogP contribution in [0.5, 0.6) is 5.75 Å². The maximum Gasteiger partial charge on any atom is 0.135 e. The van der Waals surface area contributed by atoms with Crippen molar-refractivity contribution >= 4 is 38.4 Å². The maximum absolute atomic E-state index is 13.7. The van der Waals surface area contributed by atoms with Crippen LogP contribution in [0.15, 0.2) is 47.4 Å². The minimum Gasteiger partial charge on any atom is -0.506 e. The fourth-order valence-electron chi connectivity index (χ4n) is 4.01. The average molecular weight is 406 g/mol. The van der Waals surface area contributed by atoms with Crippen LogP contribution in [0.2, 0.25) is 5.02 Å². The number of rotatable bonds is 5. The molecule has 3 nitrogen and oxygen atoms in total. The van der Waals surface area contributed by atoms with Gasteiger partial charge in [-0.2, -0.15) is 0 Å². The molecule has 2 aromatic rings. The van der Waals surface area contributed by atoms with Crippen LogP contribution in [0.1, 0.15) is 39.5 Å². The Hall–Kier alpha value is -1.65. The molecule has 0 radical (unpaired) electrons. The number of phenolic OH excluding ortho intramolecular Hbond substituents is 1. The summed E-state index contributed by atoms with van der Waals surface area (Å²) in [4.78, 5) is 2.80. The van der Waals surface area contributed by atoms with Crippen LogP contribution in [0.4, 0.5) is 11.4 Å². The molecule has 0 spiro atoms. The topological polar surface area (TPSA) is 40.5 Å². The molecule has 0 bridgehead atoms. The Bertz CT molecular complexity index is 911. The highest BCUT2D eigenvalue weighted by atomic mass is 35.5. The van der Waals surface area contributed by atoms with Gasteiger partial charge in [0.15, 0.2) is 0 Å². The normalized spacial score (nSPS) is 25.1. The van der Waals surface area contributed by atoms with Gasteiger partial charge in [0, 0.05) is 18.0 Å². The zero-order valence-electron chi connectivity index (χ0n) is 16.1. The number of benzene rings is 2. The van der Waals surface area contributed by atoms with Gasteiger partial charge in [-0.1, -0.05) is 56.5 Å². The van der Waals surface area contributed by atoms with Gasteiger partial charge in [0.2, 0.25) is 0 Å². The van der Waals surface area contributed by atoms with E-state index in [2.05, 4.69) is 36.8 Å². The molecule has 1 aliphatic rings. The predicted molar refractivity (Wildman–Crippen MR) is 117 cm³/mol. The summed E-state index contributed by atoms with van der Waals surface area (Å²) in [5.74, 6) is 4.61. The first-order valence-electron chi connectivity index (χ1n) is 9.52. The van der Waals surface area contributed by atoms with Crippen molar-refractivity contribution < 1.29 is 9.32 Å². The number of phenols is 1. The van der Waals surface area contributed by atoms with Crippen LogP contribution in [-0.4, -0.2) is 27.5 Å². The molecule has 1 heterocycles. The number of hydrogen-bond acceptors (Lipinski definition) is 3. The summed E-state index contributed by atoms with van der Waals surface area (Å²) in [7, 11) is -2.57.